The number of hydrogen-bond acceptors (Lipinski definition) is 6. The Balaban J connectivity index is 1.45. The number of rotatable bonds is 10. The summed E-state index contributed by atoms with van der Waals surface area (Å²) >= 11 is 0. The Morgan fingerprint density at radius 3 is 2.17 bits per heavy atom. The van der Waals surface area contributed by atoms with Gasteiger partial charge in [0, 0.05) is 5.69 Å². The van der Waals surface area contributed by atoms with Crippen LogP contribution < -0.4 is 10.0 Å². The van der Waals surface area contributed by atoms with Crippen molar-refractivity contribution in [1.82, 2.24) is 4.72 Å². The van der Waals surface area contributed by atoms with Crippen LogP contribution in [0.2, 0.25) is 0 Å². The molecule has 4 rings (SSSR count). The van der Waals surface area contributed by atoms with Gasteiger partial charge >= 0.3 is 5.97 Å². The Kier molecular flexibility index (Phi) is 8.51. The number of fused-ring (bicyclic) bond motifs is 1. The second kappa shape index (κ2) is 11.7. The molecule has 1 heterocycles. The van der Waals surface area contributed by atoms with Gasteiger partial charge in [-0.3, -0.25) is 9.59 Å². The number of carbonyl (C=O) groups excluding carboxylic acids is 1. The number of anilines is 1. The molecule has 9 nitrogen and oxygen atoms in total. The monoisotopic (exact) mass is 566 g/mol. The Morgan fingerprint density at radius 1 is 1.05 bits per heavy atom. The van der Waals surface area contributed by atoms with Gasteiger partial charge in [0.05, 0.1) is 17.9 Å². The van der Waals surface area contributed by atoms with Gasteiger partial charge in [-0.2, -0.15) is 4.72 Å². The van der Waals surface area contributed by atoms with Crippen LogP contribution in [0.15, 0.2) is 88.2 Å². The molecular weight excluding hydrogens is 532 g/mol. The Bertz CT molecular complexity index is 1490. The summed E-state index contributed by atoms with van der Waals surface area (Å²) in [6.45, 7) is 7.21. The molecule has 10 heteroatoms. The fourth-order valence-electron chi connectivity index (χ4n) is 4.92. The maximum atomic E-state index is 13.1. The van der Waals surface area contributed by atoms with Crippen molar-refractivity contribution in [3.63, 3.8) is 0 Å². The van der Waals surface area contributed by atoms with Gasteiger partial charge in [-0.25, -0.2) is 8.42 Å². The van der Waals surface area contributed by atoms with E-state index in [4.69, 9.17) is 9.47 Å². The lowest BCUT2D eigenvalue weighted by atomic mass is 9.86. The molecule has 1 aliphatic heterocycles. The van der Waals surface area contributed by atoms with Crippen LogP contribution in [0.1, 0.15) is 34.1 Å². The minimum atomic E-state index is -4.01. The zero-order valence-corrected chi connectivity index (χ0v) is 23.9. The highest BCUT2D eigenvalue weighted by molar-refractivity contribution is 7.89. The van der Waals surface area contributed by atoms with Gasteiger partial charge in [-0.15, -0.1) is 0 Å². The number of carboxylic acid groups (broad SMARTS) is 1. The average Bonchev–Trinajstić information content (AvgIpc) is 3.27. The lowest BCUT2D eigenvalue weighted by Gasteiger charge is -2.25. The van der Waals surface area contributed by atoms with Crippen LogP contribution in [-0.2, 0) is 29.1 Å². The van der Waals surface area contributed by atoms with Gasteiger partial charge in [0.15, 0.2) is 5.76 Å². The summed E-state index contributed by atoms with van der Waals surface area (Å²) in [4.78, 5) is 24.5. The predicted octanol–water partition coefficient (Wildman–Crippen LogP) is 4.85. The summed E-state index contributed by atoms with van der Waals surface area (Å²) in [6.07, 6.45) is 4.49. The highest BCUT2D eigenvalue weighted by Crippen LogP contribution is 2.42. The molecule has 2 aliphatic rings. The van der Waals surface area contributed by atoms with Crippen molar-refractivity contribution in [3.05, 3.63) is 83.3 Å². The number of carbonyl (C=O) groups is 2. The van der Waals surface area contributed by atoms with Gasteiger partial charge < -0.3 is 19.9 Å². The molecular formula is C30H34N2O7S. The summed E-state index contributed by atoms with van der Waals surface area (Å²) in [5.41, 5.74) is 4.06. The minimum Gasteiger partial charge on any atom is -0.500 e. The summed E-state index contributed by atoms with van der Waals surface area (Å²) in [5.74, 6) is -1.01. The third kappa shape index (κ3) is 5.83. The zero-order chi connectivity index (χ0) is 29.2. The molecule has 0 saturated heterocycles. The first-order chi connectivity index (χ1) is 19.0. The van der Waals surface area contributed by atoms with Crippen molar-refractivity contribution in [3.8, 4) is 11.1 Å². The maximum Gasteiger partial charge on any atom is 0.322 e. The van der Waals surface area contributed by atoms with Crippen LogP contribution in [0, 0.1) is 11.8 Å². The van der Waals surface area contributed by atoms with E-state index in [-0.39, 0.29) is 28.6 Å². The molecule has 212 valence electrons. The predicted molar refractivity (Wildman–Crippen MR) is 152 cm³/mol. The number of amides is 1. The van der Waals surface area contributed by atoms with Gasteiger partial charge in [0.2, 0.25) is 10.0 Å². The molecule has 40 heavy (non-hydrogen) atoms. The SMILES string of the molecule is CCC1=C(OC)C2C(C)=C(C(=O)Nc3ccc(-c4ccc(S(=O)(=O)N[C@H](C(=O)O)C(C)C)cc4)cc3)OC2C=C1. The van der Waals surface area contributed by atoms with Crippen molar-refractivity contribution in [2.24, 2.45) is 11.8 Å². The molecule has 0 aromatic heterocycles. The fourth-order valence-corrected chi connectivity index (χ4v) is 6.26. The van der Waals surface area contributed by atoms with Crippen LogP contribution in [-0.4, -0.2) is 44.7 Å². The molecule has 0 fully saturated rings. The van der Waals surface area contributed by atoms with Crippen LogP contribution in [0.25, 0.3) is 11.1 Å². The van der Waals surface area contributed by atoms with Crippen molar-refractivity contribution >= 4 is 27.6 Å². The van der Waals surface area contributed by atoms with Crippen molar-refractivity contribution in [2.75, 3.05) is 12.4 Å². The molecule has 1 aliphatic carbocycles. The number of benzene rings is 2. The van der Waals surface area contributed by atoms with E-state index in [0.29, 0.717) is 5.69 Å². The molecule has 3 N–H and O–H groups in total. The zero-order valence-electron chi connectivity index (χ0n) is 23.1. The molecule has 0 spiro atoms. The minimum absolute atomic E-state index is 0.0276. The maximum absolute atomic E-state index is 13.1. The quantitative estimate of drug-likeness (QED) is 0.375. The smallest absolute Gasteiger partial charge is 0.322 e. The molecule has 0 bridgehead atoms. The van der Waals surface area contributed by atoms with E-state index in [9.17, 15) is 23.1 Å². The van der Waals surface area contributed by atoms with Crippen LogP contribution >= 0.6 is 0 Å². The van der Waals surface area contributed by atoms with Gasteiger partial charge in [0.1, 0.15) is 17.9 Å². The van der Waals surface area contributed by atoms with E-state index in [1.165, 1.54) is 12.1 Å². The van der Waals surface area contributed by atoms with Crippen LogP contribution in [0.4, 0.5) is 5.69 Å². The lowest BCUT2D eigenvalue weighted by molar-refractivity contribution is -0.140. The fraction of sp³-hybridized carbons (Fsp3) is 0.333. The van der Waals surface area contributed by atoms with Crippen molar-refractivity contribution in [2.45, 2.75) is 51.2 Å². The van der Waals surface area contributed by atoms with Crippen LogP contribution in [0.3, 0.4) is 0 Å². The second-order valence-corrected chi connectivity index (χ2v) is 11.8. The Hall–Kier alpha value is -3.89. The number of carboxylic acids is 1. The van der Waals surface area contributed by atoms with Gasteiger partial charge in [0.25, 0.3) is 5.91 Å². The Labute approximate surface area is 234 Å². The van der Waals surface area contributed by atoms with E-state index in [1.54, 1.807) is 45.2 Å². The third-order valence-electron chi connectivity index (χ3n) is 7.16. The normalized spacial score (nSPS) is 19.4. The van der Waals surface area contributed by atoms with Crippen molar-refractivity contribution in [1.29, 1.82) is 0 Å². The van der Waals surface area contributed by atoms with E-state index in [0.717, 1.165) is 34.5 Å². The number of sulfonamides is 1. The molecule has 2 unspecified atom stereocenters. The van der Waals surface area contributed by atoms with E-state index >= 15 is 0 Å². The van der Waals surface area contributed by atoms with E-state index in [2.05, 4.69) is 17.0 Å². The largest absolute Gasteiger partial charge is 0.500 e. The number of methoxy groups -OCH3 is 1. The standard InChI is InChI=1S/C30H34N2O7S/c1-6-19-11-16-24-25(28(19)38-5)18(4)27(39-24)29(33)31-22-12-7-20(8-13-22)21-9-14-23(15-10-21)40(36,37)32-26(17(2)3)30(34)35/h7-17,24-26,32H,6H2,1-5H3,(H,31,33)(H,34,35)/t24?,25?,26-/m0/s1. The van der Waals surface area contributed by atoms with Gasteiger partial charge in [-0.1, -0.05) is 51.1 Å². The summed E-state index contributed by atoms with van der Waals surface area (Å²) in [6, 6.07) is 12.1. The second-order valence-electron chi connectivity index (χ2n) is 10.1. The highest BCUT2D eigenvalue weighted by Gasteiger charge is 2.41. The summed E-state index contributed by atoms with van der Waals surface area (Å²) in [5, 5.41) is 12.2. The Morgan fingerprint density at radius 2 is 1.65 bits per heavy atom. The number of allylic oxidation sites excluding steroid dienone is 2. The molecule has 2 aromatic carbocycles. The number of ether oxygens (including phenoxy) is 2. The first kappa shape index (κ1) is 29.1. The molecule has 0 saturated carbocycles. The summed E-state index contributed by atoms with van der Waals surface area (Å²) in [7, 11) is -2.37. The molecule has 3 atom stereocenters. The highest BCUT2D eigenvalue weighted by atomic mass is 32.2. The summed E-state index contributed by atoms with van der Waals surface area (Å²) < 4.78 is 39.3. The topological polar surface area (TPSA) is 131 Å². The average molecular weight is 567 g/mol. The lowest BCUT2D eigenvalue weighted by Crippen LogP contribution is -2.44. The van der Waals surface area contributed by atoms with E-state index in [1.807, 2.05) is 31.2 Å². The third-order valence-corrected chi connectivity index (χ3v) is 8.61. The van der Waals surface area contributed by atoms with E-state index < -0.39 is 28.0 Å². The molecule has 0 radical (unpaired) electrons. The van der Waals surface area contributed by atoms with Crippen molar-refractivity contribution < 1.29 is 32.6 Å². The van der Waals surface area contributed by atoms with Crippen LogP contribution in [0.5, 0.6) is 0 Å². The molecule has 1 amide bonds. The van der Waals surface area contributed by atoms with Gasteiger partial charge in [-0.05, 0) is 71.9 Å². The number of nitrogens with one attached hydrogen (secondary N) is 2. The first-order valence-electron chi connectivity index (χ1n) is 13.1. The number of aliphatic carboxylic acids is 1. The number of hydrogen-bond donors (Lipinski definition) is 3. The molecule has 2 aromatic rings. The first-order valence-corrected chi connectivity index (χ1v) is 14.5.